The van der Waals surface area contributed by atoms with Crippen molar-refractivity contribution in [3.05, 3.63) is 16.1 Å². The minimum absolute atomic E-state index is 0. The van der Waals surface area contributed by atoms with Gasteiger partial charge in [-0.25, -0.2) is 4.98 Å². The standard InChI is InChI=1S/C12H22N4S.HI/c1-5-6-7-16(4)12(13-3)14-8-11-10(2)15-9-17-11;/h9H,5-8H2,1-4H3,(H,13,14);1H. The Balaban J connectivity index is 0.00000289. The van der Waals surface area contributed by atoms with E-state index in [0.717, 1.165) is 24.7 Å². The van der Waals surface area contributed by atoms with Gasteiger partial charge in [0.15, 0.2) is 5.96 Å². The summed E-state index contributed by atoms with van der Waals surface area (Å²) >= 11 is 1.68. The zero-order valence-electron chi connectivity index (χ0n) is 11.6. The second kappa shape index (κ2) is 9.55. The zero-order chi connectivity index (χ0) is 12.7. The second-order valence-electron chi connectivity index (χ2n) is 4.04. The average molecular weight is 382 g/mol. The van der Waals surface area contributed by atoms with E-state index in [0.29, 0.717) is 0 Å². The smallest absolute Gasteiger partial charge is 0.193 e. The highest BCUT2D eigenvalue weighted by atomic mass is 127. The Morgan fingerprint density at radius 2 is 2.28 bits per heavy atom. The molecule has 0 aromatic carbocycles. The van der Waals surface area contributed by atoms with E-state index in [1.165, 1.54) is 17.7 Å². The first-order valence-corrected chi connectivity index (χ1v) is 6.87. The van der Waals surface area contributed by atoms with E-state index in [4.69, 9.17) is 0 Å². The monoisotopic (exact) mass is 382 g/mol. The molecule has 4 nitrogen and oxygen atoms in total. The highest BCUT2D eigenvalue weighted by Crippen LogP contribution is 2.11. The summed E-state index contributed by atoms with van der Waals surface area (Å²) in [5.41, 5.74) is 2.99. The van der Waals surface area contributed by atoms with Crippen molar-refractivity contribution in [3.8, 4) is 0 Å². The van der Waals surface area contributed by atoms with Crippen molar-refractivity contribution >= 4 is 41.3 Å². The summed E-state index contributed by atoms with van der Waals surface area (Å²) in [4.78, 5) is 12.0. The average Bonchev–Trinajstić information content (AvgIpc) is 2.73. The summed E-state index contributed by atoms with van der Waals surface area (Å²) in [5.74, 6) is 0.950. The maximum absolute atomic E-state index is 4.29. The van der Waals surface area contributed by atoms with Gasteiger partial charge >= 0.3 is 0 Å². The van der Waals surface area contributed by atoms with Crippen molar-refractivity contribution in [1.82, 2.24) is 15.2 Å². The number of nitrogens with one attached hydrogen (secondary N) is 1. The number of hydrogen-bond donors (Lipinski definition) is 1. The van der Waals surface area contributed by atoms with Gasteiger partial charge in [0.25, 0.3) is 0 Å². The molecular formula is C12H23IN4S. The molecule has 104 valence electrons. The number of aromatic nitrogens is 1. The molecule has 6 heteroatoms. The van der Waals surface area contributed by atoms with Crippen molar-refractivity contribution in [2.75, 3.05) is 20.6 Å². The minimum atomic E-state index is 0. The van der Waals surface area contributed by atoms with Crippen LogP contribution in [-0.2, 0) is 6.54 Å². The summed E-state index contributed by atoms with van der Waals surface area (Å²) in [6.45, 7) is 6.08. The summed E-state index contributed by atoms with van der Waals surface area (Å²) in [5, 5.41) is 3.37. The number of thiazole rings is 1. The molecule has 0 radical (unpaired) electrons. The van der Waals surface area contributed by atoms with E-state index in [9.17, 15) is 0 Å². The van der Waals surface area contributed by atoms with Crippen LogP contribution >= 0.6 is 35.3 Å². The third-order valence-corrected chi connectivity index (χ3v) is 3.61. The molecule has 0 saturated heterocycles. The Labute approximate surface area is 131 Å². The second-order valence-corrected chi connectivity index (χ2v) is 4.98. The maximum Gasteiger partial charge on any atom is 0.193 e. The summed E-state index contributed by atoms with van der Waals surface area (Å²) < 4.78 is 0. The Bertz CT molecular complexity index is 365. The number of guanidine groups is 1. The van der Waals surface area contributed by atoms with Gasteiger partial charge in [0.05, 0.1) is 17.7 Å². The van der Waals surface area contributed by atoms with E-state index >= 15 is 0 Å². The van der Waals surface area contributed by atoms with Crippen LogP contribution in [0, 0.1) is 6.92 Å². The fourth-order valence-corrected chi connectivity index (χ4v) is 2.26. The summed E-state index contributed by atoms with van der Waals surface area (Å²) in [6, 6.07) is 0. The normalized spacial score (nSPS) is 11.0. The molecule has 0 atom stereocenters. The highest BCUT2D eigenvalue weighted by molar-refractivity contribution is 14.0. The van der Waals surface area contributed by atoms with E-state index in [1.807, 2.05) is 19.5 Å². The van der Waals surface area contributed by atoms with Crippen LogP contribution in [0.4, 0.5) is 0 Å². The predicted molar refractivity (Wildman–Crippen MR) is 90.0 cm³/mol. The molecule has 1 aromatic rings. The van der Waals surface area contributed by atoms with Crippen molar-refractivity contribution in [1.29, 1.82) is 0 Å². The molecule has 0 spiro atoms. The Kier molecular flexibility index (Phi) is 9.35. The van der Waals surface area contributed by atoms with Crippen molar-refractivity contribution in [2.45, 2.75) is 33.2 Å². The molecule has 18 heavy (non-hydrogen) atoms. The quantitative estimate of drug-likeness (QED) is 0.484. The van der Waals surface area contributed by atoms with Crippen LogP contribution in [0.3, 0.4) is 0 Å². The number of halogens is 1. The number of aryl methyl sites for hydroxylation is 1. The number of aliphatic imine (C=N–C) groups is 1. The van der Waals surface area contributed by atoms with Crippen LogP contribution in [0.1, 0.15) is 30.3 Å². The molecule has 0 aliphatic rings. The van der Waals surface area contributed by atoms with Gasteiger partial charge in [-0.3, -0.25) is 4.99 Å². The lowest BCUT2D eigenvalue weighted by atomic mass is 10.3. The molecule has 1 rings (SSSR count). The first-order chi connectivity index (χ1) is 8.19. The molecule has 1 aromatic heterocycles. The summed E-state index contributed by atoms with van der Waals surface area (Å²) in [7, 11) is 3.90. The molecule has 0 bridgehead atoms. The van der Waals surface area contributed by atoms with E-state index in [1.54, 1.807) is 11.3 Å². The number of hydrogen-bond acceptors (Lipinski definition) is 3. The van der Waals surface area contributed by atoms with E-state index < -0.39 is 0 Å². The fourth-order valence-electron chi connectivity index (χ4n) is 1.54. The van der Waals surface area contributed by atoms with E-state index in [-0.39, 0.29) is 24.0 Å². The Morgan fingerprint density at radius 3 is 2.78 bits per heavy atom. The van der Waals surface area contributed by atoms with Gasteiger partial charge in [-0.05, 0) is 13.3 Å². The van der Waals surface area contributed by atoms with Crippen LogP contribution in [-0.4, -0.2) is 36.5 Å². The Morgan fingerprint density at radius 1 is 1.56 bits per heavy atom. The van der Waals surface area contributed by atoms with Gasteiger partial charge in [-0.1, -0.05) is 13.3 Å². The van der Waals surface area contributed by atoms with Gasteiger partial charge in [-0.15, -0.1) is 35.3 Å². The molecule has 1 N–H and O–H groups in total. The lowest BCUT2D eigenvalue weighted by Gasteiger charge is -2.21. The molecule has 0 aliphatic carbocycles. The molecule has 0 amide bonds. The SMILES string of the molecule is CCCCN(C)C(=NC)NCc1scnc1C.I. The first-order valence-electron chi connectivity index (χ1n) is 5.99. The maximum atomic E-state index is 4.29. The lowest BCUT2D eigenvalue weighted by molar-refractivity contribution is 0.465. The molecule has 0 aliphatic heterocycles. The Hall–Kier alpha value is -0.370. The number of unbranched alkanes of at least 4 members (excludes halogenated alkanes) is 1. The molecule has 0 unspecified atom stereocenters. The topological polar surface area (TPSA) is 40.5 Å². The van der Waals surface area contributed by atoms with Crippen LogP contribution < -0.4 is 5.32 Å². The highest BCUT2D eigenvalue weighted by Gasteiger charge is 2.06. The van der Waals surface area contributed by atoms with Crippen molar-refractivity contribution in [2.24, 2.45) is 4.99 Å². The first kappa shape index (κ1) is 17.6. The molecule has 1 heterocycles. The largest absolute Gasteiger partial charge is 0.351 e. The van der Waals surface area contributed by atoms with Crippen LogP contribution in [0.2, 0.25) is 0 Å². The van der Waals surface area contributed by atoms with Gasteiger partial charge in [-0.2, -0.15) is 0 Å². The van der Waals surface area contributed by atoms with Crippen molar-refractivity contribution < 1.29 is 0 Å². The summed E-state index contributed by atoms with van der Waals surface area (Å²) in [6.07, 6.45) is 2.39. The van der Waals surface area contributed by atoms with Crippen LogP contribution in [0.25, 0.3) is 0 Å². The third kappa shape index (κ3) is 5.51. The minimum Gasteiger partial charge on any atom is -0.351 e. The number of nitrogens with zero attached hydrogens (tertiary/aromatic N) is 3. The predicted octanol–water partition coefficient (Wildman–Crippen LogP) is 2.88. The van der Waals surface area contributed by atoms with E-state index in [2.05, 4.69) is 34.2 Å². The zero-order valence-corrected chi connectivity index (χ0v) is 14.7. The van der Waals surface area contributed by atoms with Gasteiger partial charge in [0, 0.05) is 25.5 Å². The number of rotatable bonds is 5. The van der Waals surface area contributed by atoms with Gasteiger partial charge < -0.3 is 10.2 Å². The van der Waals surface area contributed by atoms with Gasteiger partial charge in [0.2, 0.25) is 0 Å². The molecular weight excluding hydrogens is 359 g/mol. The lowest BCUT2D eigenvalue weighted by Crippen LogP contribution is -2.38. The molecule has 0 fully saturated rings. The fraction of sp³-hybridized carbons (Fsp3) is 0.667. The van der Waals surface area contributed by atoms with Crippen LogP contribution in [0.15, 0.2) is 10.5 Å². The molecule has 0 saturated carbocycles. The van der Waals surface area contributed by atoms with Crippen LogP contribution in [0.5, 0.6) is 0 Å². The van der Waals surface area contributed by atoms with Crippen molar-refractivity contribution in [3.63, 3.8) is 0 Å². The third-order valence-electron chi connectivity index (χ3n) is 2.67. The van der Waals surface area contributed by atoms with Gasteiger partial charge in [0.1, 0.15) is 0 Å².